The molecular weight excluding hydrogens is 338 g/mol. The Balaban J connectivity index is 1.82. The van der Waals surface area contributed by atoms with Gasteiger partial charge in [-0.05, 0) is 30.6 Å². The van der Waals surface area contributed by atoms with Gasteiger partial charge in [0.25, 0.3) is 0 Å². The Kier molecular flexibility index (Phi) is 8.54. The molecule has 1 fully saturated rings. The Morgan fingerprint density at radius 1 is 1.41 bits per heavy atom. The third-order valence-electron chi connectivity index (χ3n) is 6.60. The van der Waals surface area contributed by atoms with Gasteiger partial charge in [0.05, 0.1) is 12.7 Å². The molecule has 1 aliphatic heterocycles. The maximum Gasteiger partial charge on any atom is 0.172 e. The van der Waals surface area contributed by atoms with Gasteiger partial charge in [0, 0.05) is 46.2 Å². The van der Waals surface area contributed by atoms with E-state index in [1.165, 1.54) is 0 Å². The fraction of sp³-hybridized carbons (Fsp3) is 0.826. The third-order valence-corrected chi connectivity index (χ3v) is 6.60. The molecule has 0 aromatic heterocycles. The Hall–Kier alpha value is -0.680. The molecule has 4 nitrogen and oxygen atoms in total. The van der Waals surface area contributed by atoms with Crippen molar-refractivity contribution in [2.75, 3.05) is 40.0 Å². The zero-order valence-corrected chi connectivity index (χ0v) is 18.3. The topological polar surface area (TPSA) is 30.9 Å². The van der Waals surface area contributed by atoms with Gasteiger partial charge >= 0.3 is 0 Å². The molecule has 2 atom stereocenters. The van der Waals surface area contributed by atoms with Crippen molar-refractivity contribution in [1.29, 1.82) is 0 Å². The van der Waals surface area contributed by atoms with E-state index in [0.29, 0.717) is 5.92 Å². The summed E-state index contributed by atoms with van der Waals surface area (Å²) in [6.45, 7) is 17.7. The maximum atomic E-state index is 6.42. The van der Waals surface area contributed by atoms with Gasteiger partial charge in [-0.3, -0.25) is 4.90 Å². The summed E-state index contributed by atoms with van der Waals surface area (Å²) < 4.78 is 17.8. The van der Waals surface area contributed by atoms with Gasteiger partial charge in [-0.1, -0.05) is 45.4 Å². The summed E-state index contributed by atoms with van der Waals surface area (Å²) in [4.78, 5) is 2.42. The van der Waals surface area contributed by atoms with E-state index in [1.807, 2.05) is 6.08 Å². The number of nitrogens with zero attached hydrogens (tertiary/aromatic N) is 1. The van der Waals surface area contributed by atoms with Gasteiger partial charge in [-0.25, -0.2) is 0 Å². The summed E-state index contributed by atoms with van der Waals surface area (Å²) in [5.41, 5.74) is 1.82. The van der Waals surface area contributed by atoms with Crippen molar-refractivity contribution in [3.63, 3.8) is 0 Å². The van der Waals surface area contributed by atoms with Crippen molar-refractivity contribution in [1.82, 2.24) is 4.90 Å². The number of ether oxygens (including phenoxy) is 3. The number of rotatable bonds is 11. The van der Waals surface area contributed by atoms with Crippen LogP contribution in [0, 0.1) is 11.3 Å². The predicted octanol–water partition coefficient (Wildman–Crippen LogP) is 4.81. The Morgan fingerprint density at radius 3 is 2.78 bits per heavy atom. The summed E-state index contributed by atoms with van der Waals surface area (Å²) in [6.07, 6.45) is 9.58. The fourth-order valence-corrected chi connectivity index (χ4v) is 4.00. The highest BCUT2D eigenvalue weighted by molar-refractivity contribution is 5.18. The molecule has 0 bridgehead atoms. The molecule has 2 aliphatic rings. The largest absolute Gasteiger partial charge is 0.385 e. The fourth-order valence-electron chi connectivity index (χ4n) is 4.00. The highest BCUT2D eigenvalue weighted by Crippen LogP contribution is 2.45. The minimum Gasteiger partial charge on any atom is -0.385 e. The summed E-state index contributed by atoms with van der Waals surface area (Å²) in [6, 6.07) is 0. The molecule has 1 aliphatic carbocycles. The van der Waals surface area contributed by atoms with Crippen LogP contribution in [0.5, 0.6) is 0 Å². The second-order valence-electron chi connectivity index (χ2n) is 9.00. The number of hydrogen-bond donors (Lipinski definition) is 0. The third kappa shape index (κ3) is 6.15. The number of allylic oxidation sites excluding steroid dienone is 1. The average Bonchev–Trinajstić information content (AvgIpc) is 3.02. The first-order valence-corrected chi connectivity index (χ1v) is 10.7. The number of methoxy groups -OCH3 is 1. The van der Waals surface area contributed by atoms with Gasteiger partial charge in [-0.2, -0.15) is 0 Å². The van der Waals surface area contributed by atoms with E-state index in [4.69, 9.17) is 14.2 Å². The lowest BCUT2D eigenvalue weighted by Crippen LogP contribution is -2.36. The predicted molar refractivity (Wildman–Crippen MR) is 112 cm³/mol. The monoisotopic (exact) mass is 379 g/mol. The molecular formula is C23H41NO3. The van der Waals surface area contributed by atoms with E-state index in [2.05, 4.69) is 45.2 Å². The molecule has 156 valence electrons. The van der Waals surface area contributed by atoms with Gasteiger partial charge in [0.15, 0.2) is 5.79 Å². The van der Waals surface area contributed by atoms with Crippen LogP contribution in [0.15, 0.2) is 24.3 Å². The summed E-state index contributed by atoms with van der Waals surface area (Å²) in [5, 5.41) is 0. The van der Waals surface area contributed by atoms with Crippen LogP contribution in [0.4, 0.5) is 0 Å². The van der Waals surface area contributed by atoms with E-state index in [-0.39, 0.29) is 17.3 Å². The van der Waals surface area contributed by atoms with E-state index < -0.39 is 0 Å². The quantitative estimate of drug-likeness (QED) is 0.381. The second-order valence-corrected chi connectivity index (χ2v) is 9.00. The van der Waals surface area contributed by atoms with E-state index >= 15 is 0 Å². The first-order valence-electron chi connectivity index (χ1n) is 10.7. The van der Waals surface area contributed by atoms with Crippen LogP contribution in [-0.4, -0.2) is 56.7 Å². The maximum absolute atomic E-state index is 6.42. The highest BCUT2D eigenvalue weighted by Gasteiger charge is 2.43. The molecule has 2 rings (SSSR count). The average molecular weight is 380 g/mol. The standard InChI is InChI=1S/C23H41NO3/c1-7-14-24(15-8-17-25-6)16-11-21-18-26-23(27-21)12-9-20(10-13-23)22(4,5)19(2)3/h7,9,19,21H,1,8,10-18H2,2-6H3. The Morgan fingerprint density at radius 2 is 2.19 bits per heavy atom. The van der Waals surface area contributed by atoms with Crippen molar-refractivity contribution < 1.29 is 14.2 Å². The van der Waals surface area contributed by atoms with Crippen molar-refractivity contribution in [2.24, 2.45) is 11.3 Å². The molecule has 0 aromatic rings. The van der Waals surface area contributed by atoms with Crippen molar-refractivity contribution >= 4 is 0 Å². The number of hydrogen-bond acceptors (Lipinski definition) is 4. The zero-order valence-electron chi connectivity index (χ0n) is 18.3. The Bertz CT molecular complexity index is 500. The minimum atomic E-state index is -0.374. The summed E-state index contributed by atoms with van der Waals surface area (Å²) in [5.74, 6) is 0.269. The summed E-state index contributed by atoms with van der Waals surface area (Å²) >= 11 is 0. The van der Waals surface area contributed by atoms with Gasteiger partial charge in [0.1, 0.15) is 0 Å². The van der Waals surface area contributed by atoms with Crippen LogP contribution in [-0.2, 0) is 14.2 Å². The molecule has 0 amide bonds. The highest BCUT2D eigenvalue weighted by atomic mass is 16.7. The first-order chi connectivity index (χ1) is 12.8. The molecule has 4 heteroatoms. The van der Waals surface area contributed by atoms with Crippen molar-refractivity contribution in [3.05, 3.63) is 24.3 Å². The van der Waals surface area contributed by atoms with Gasteiger partial charge < -0.3 is 14.2 Å². The Labute approximate surface area is 166 Å². The van der Waals surface area contributed by atoms with Crippen molar-refractivity contribution in [2.45, 2.75) is 71.7 Å². The smallest absolute Gasteiger partial charge is 0.172 e. The molecule has 1 spiro atoms. The zero-order chi connectivity index (χ0) is 19.9. The van der Waals surface area contributed by atoms with Gasteiger partial charge in [-0.15, -0.1) is 6.58 Å². The van der Waals surface area contributed by atoms with Crippen LogP contribution in [0.25, 0.3) is 0 Å². The molecule has 0 saturated carbocycles. The second kappa shape index (κ2) is 10.2. The molecule has 0 aromatic carbocycles. The molecule has 1 saturated heterocycles. The summed E-state index contributed by atoms with van der Waals surface area (Å²) in [7, 11) is 1.76. The van der Waals surface area contributed by atoms with E-state index in [0.717, 1.165) is 65.0 Å². The molecule has 0 radical (unpaired) electrons. The molecule has 2 unspecified atom stereocenters. The minimum absolute atomic E-state index is 0.202. The van der Waals surface area contributed by atoms with Crippen LogP contribution >= 0.6 is 0 Å². The van der Waals surface area contributed by atoms with Crippen LogP contribution < -0.4 is 0 Å². The molecule has 1 heterocycles. The lowest BCUT2D eigenvalue weighted by Gasteiger charge is -2.39. The normalized spacial score (nSPS) is 26.2. The van der Waals surface area contributed by atoms with Crippen LogP contribution in [0.2, 0.25) is 0 Å². The van der Waals surface area contributed by atoms with Gasteiger partial charge in [0.2, 0.25) is 0 Å². The van der Waals surface area contributed by atoms with Crippen LogP contribution in [0.1, 0.15) is 59.8 Å². The van der Waals surface area contributed by atoms with E-state index in [1.54, 1.807) is 12.7 Å². The lowest BCUT2D eigenvalue weighted by atomic mass is 9.70. The first kappa shape index (κ1) is 22.6. The van der Waals surface area contributed by atoms with E-state index in [9.17, 15) is 0 Å². The van der Waals surface area contributed by atoms with Crippen LogP contribution in [0.3, 0.4) is 0 Å². The molecule has 27 heavy (non-hydrogen) atoms. The lowest BCUT2D eigenvalue weighted by molar-refractivity contribution is -0.174. The molecule has 0 N–H and O–H groups in total. The van der Waals surface area contributed by atoms with Crippen molar-refractivity contribution in [3.8, 4) is 0 Å². The SMILES string of the molecule is C=CCN(CCCOC)CCC1COC2(CC=C(C(C)(C)C(C)C)CC2)O1.